The zero-order valence-corrected chi connectivity index (χ0v) is 10.3. The van der Waals surface area contributed by atoms with E-state index in [1.807, 2.05) is 6.92 Å². The Kier molecular flexibility index (Phi) is 8.25. The third-order valence-electron chi connectivity index (χ3n) is 2.74. The van der Waals surface area contributed by atoms with Crippen LogP contribution >= 0.6 is 0 Å². The average Bonchev–Trinajstić information content (AvgIpc) is 2.24. The molecule has 15 heavy (non-hydrogen) atoms. The molecule has 0 amide bonds. The van der Waals surface area contributed by atoms with Crippen molar-refractivity contribution in [2.24, 2.45) is 5.92 Å². The van der Waals surface area contributed by atoms with E-state index in [0.29, 0.717) is 19.3 Å². The fourth-order valence-electron chi connectivity index (χ4n) is 1.69. The lowest BCUT2D eigenvalue weighted by Gasteiger charge is -2.11. The Balaban J connectivity index is 4.09. The second-order valence-corrected chi connectivity index (χ2v) is 4.10. The molecule has 0 unspecified atom stereocenters. The number of hydrogen-bond acceptors (Lipinski definition) is 2. The van der Waals surface area contributed by atoms with Gasteiger partial charge in [0.2, 0.25) is 0 Å². The molecule has 0 fully saturated rings. The van der Waals surface area contributed by atoms with Crippen LogP contribution in [0.25, 0.3) is 0 Å². The lowest BCUT2D eigenvalue weighted by Crippen LogP contribution is -2.23. The van der Waals surface area contributed by atoms with Crippen LogP contribution in [0, 0.1) is 5.92 Å². The maximum absolute atomic E-state index is 11.7. The highest BCUT2D eigenvalue weighted by molar-refractivity contribution is 6.02. The summed E-state index contributed by atoms with van der Waals surface area (Å²) in [6.45, 7) is 6.05. The molecule has 0 aliphatic carbocycles. The molecular formula is C13H24O2. The Bertz CT molecular complexity index is 177. The summed E-state index contributed by atoms with van der Waals surface area (Å²) >= 11 is 0. The summed E-state index contributed by atoms with van der Waals surface area (Å²) in [5.41, 5.74) is 0. The maximum Gasteiger partial charge on any atom is 0.143 e. The molecule has 0 aromatic heterocycles. The van der Waals surface area contributed by atoms with Crippen LogP contribution in [0.3, 0.4) is 0 Å². The van der Waals surface area contributed by atoms with Crippen molar-refractivity contribution >= 4 is 11.6 Å². The SMILES string of the molecule is CCCCC(=O)C(CC)C(=O)CCCC. The second-order valence-electron chi connectivity index (χ2n) is 4.10. The van der Waals surface area contributed by atoms with Crippen molar-refractivity contribution < 1.29 is 9.59 Å². The van der Waals surface area contributed by atoms with Crippen molar-refractivity contribution in [3.8, 4) is 0 Å². The highest BCUT2D eigenvalue weighted by atomic mass is 16.1. The van der Waals surface area contributed by atoms with Gasteiger partial charge in [-0.05, 0) is 19.3 Å². The largest absolute Gasteiger partial charge is 0.299 e. The summed E-state index contributed by atoms with van der Waals surface area (Å²) in [6, 6.07) is 0. The highest BCUT2D eigenvalue weighted by Crippen LogP contribution is 2.14. The standard InChI is InChI=1S/C13H24O2/c1-4-7-9-12(14)11(6-3)13(15)10-8-5-2/h11H,4-10H2,1-3H3. The molecule has 0 rings (SSSR count). The van der Waals surface area contributed by atoms with Gasteiger partial charge in [-0.3, -0.25) is 9.59 Å². The van der Waals surface area contributed by atoms with E-state index in [2.05, 4.69) is 13.8 Å². The molecular weight excluding hydrogens is 188 g/mol. The molecule has 0 radical (unpaired) electrons. The molecule has 0 atom stereocenters. The van der Waals surface area contributed by atoms with E-state index in [0.717, 1.165) is 25.7 Å². The molecule has 0 saturated heterocycles. The van der Waals surface area contributed by atoms with E-state index in [9.17, 15) is 9.59 Å². The Morgan fingerprint density at radius 2 is 1.27 bits per heavy atom. The van der Waals surface area contributed by atoms with Gasteiger partial charge in [-0.25, -0.2) is 0 Å². The first-order valence-electron chi connectivity index (χ1n) is 6.22. The summed E-state index contributed by atoms with van der Waals surface area (Å²) in [5, 5.41) is 0. The van der Waals surface area contributed by atoms with Gasteiger partial charge >= 0.3 is 0 Å². The van der Waals surface area contributed by atoms with Gasteiger partial charge in [-0.2, -0.15) is 0 Å². The fourth-order valence-corrected chi connectivity index (χ4v) is 1.69. The van der Waals surface area contributed by atoms with Gasteiger partial charge in [-0.15, -0.1) is 0 Å². The third-order valence-corrected chi connectivity index (χ3v) is 2.74. The minimum Gasteiger partial charge on any atom is -0.299 e. The first-order chi connectivity index (χ1) is 7.17. The molecule has 88 valence electrons. The van der Waals surface area contributed by atoms with Crippen LogP contribution in [0.1, 0.15) is 65.7 Å². The maximum atomic E-state index is 11.7. The monoisotopic (exact) mass is 212 g/mol. The molecule has 0 aromatic rings. The molecule has 2 heteroatoms. The van der Waals surface area contributed by atoms with Crippen LogP contribution in [-0.4, -0.2) is 11.6 Å². The first kappa shape index (κ1) is 14.3. The molecule has 0 saturated carbocycles. The van der Waals surface area contributed by atoms with Crippen LogP contribution in [0.5, 0.6) is 0 Å². The van der Waals surface area contributed by atoms with Crippen molar-refractivity contribution in [2.45, 2.75) is 65.7 Å². The molecule has 2 nitrogen and oxygen atoms in total. The van der Waals surface area contributed by atoms with Crippen LogP contribution in [-0.2, 0) is 9.59 Å². The van der Waals surface area contributed by atoms with Gasteiger partial charge in [0, 0.05) is 12.8 Å². The van der Waals surface area contributed by atoms with Crippen LogP contribution in [0.15, 0.2) is 0 Å². The van der Waals surface area contributed by atoms with Gasteiger partial charge in [0.15, 0.2) is 0 Å². The minimum atomic E-state index is -0.317. The number of Topliss-reactive ketones (excluding diaryl/α,β-unsaturated/α-hetero) is 2. The summed E-state index contributed by atoms with van der Waals surface area (Å²) in [6.07, 6.45) is 5.69. The molecule has 0 aromatic carbocycles. The number of rotatable bonds is 9. The predicted molar refractivity (Wildman–Crippen MR) is 62.8 cm³/mol. The number of hydrogen-bond donors (Lipinski definition) is 0. The summed E-state index contributed by atoms with van der Waals surface area (Å²) in [4.78, 5) is 23.4. The van der Waals surface area contributed by atoms with E-state index in [1.54, 1.807) is 0 Å². The van der Waals surface area contributed by atoms with E-state index in [1.165, 1.54) is 0 Å². The van der Waals surface area contributed by atoms with Crippen molar-refractivity contribution in [3.63, 3.8) is 0 Å². The normalized spacial score (nSPS) is 10.7. The third kappa shape index (κ3) is 5.71. The van der Waals surface area contributed by atoms with Gasteiger partial charge in [0.05, 0.1) is 5.92 Å². The Hall–Kier alpha value is -0.660. The summed E-state index contributed by atoms with van der Waals surface area (Å²) in [7, 11) is 0. The lowest BCUT2D eigenvalue weighted by atomic mass is 9.90. The predicted octanol–water partition coefficient (Wildman–Crippen LogP) is 3.53. The first-order valence-corrected chi connectivity index (χ1v) is 6.22. The number of carbonyl (C=O) groups is 2. The Morgan fingerprint density at radius 1 is 0.867 bits per heavy atom. The zero-order chi connectivity index (χ0) is 11.7. The van der Waals surface area contributed by atoms with Crippen LogP contribution in [0.4, 0.5) is 0 Å². The van der Waals surface area contributed by atoms with Crippen molar-refractivity contribution in [1.29, 1.82) is 0 Å². The molecule has 0 bridgehead atoms. The topological polar surface area (TPSA) is 34.1 Å². The number of unbranched alkanes of at least 4 members (excludes halogenated alkanes) is 2. The minimum absolute atomic E-state index is 0.153. The molecule has 0 N–H and O–H groups in total. The summed E-state index contributed by atoms with van der Waals surface area (Å²) < 4.78 is 0. The molecule has 0 spiro atoms. The number of carbonyl (C=O) groups excluding carboxylic acids is 2. The van der Waals surface area contributed by atoms with Crippen molar-refractivity contribution in [1.82, 2.24) is 0 Å². The van der Waals surface area contributed by atoms with Gasteiger partial charge in [0.1, 0.15) is 11.6 Å². The van der Waals surface area contributed by atoms with E-state index in [4.69, 9.17) is 0 Å². The lowest BCUT2D eigenvalue weighted by molar-refractivity contribution is -0.133. The van der Waals surface area contributed by atoms with E-state index < -0.39 is 0 Å². The number of ketones is 2. The van der Waals surface area contributed by atoms with Crippen LogP contribution in [0.2, 0.25) is 0 Å². The highest BCUT2D eigenvalue weighted by Gasteiger charge is 2.22. The molecule has 0 aliphatic heterocycles. The second kappa shape index (κ2) is 8.63. The van der Waals surface area contributed by atoms with E-state index >= 15 is 0 Å². The average molecular weight is 212 g/mol. The van der Waals surface area contributed by atoms with Gasteiger partial charge in [0.25, 0.3) is 0 Å². The quantitative estimate of drug-likeness (QED) is 0.548. The molecule has 0 aliphatic rings. The van der Waals surface area contributed by atoms with Crippen molar-refractivity contribution in [3.05, 3.63) is 0 Å². The fraction of sp³-hybridized carbons (Fsp3) is 0.846. The smallest absolute Gasteiger partial charge is 0.143 e. The Morgan fingerprint density at radius 3 is 1.53 bits per heavy atom. The summed E-state index contributed by atoms with van der Waals surface area (Å²) in [5.74, 6) is -0.0102. The molecule has 0 heterocycles. The zero-order valence-electron chi connectivity index (χ0n) is 10.3. The van der Waals surface area contributed by atoms with Crippen molar-refractivity contribution in [2.75, 3.05) is 0 Å². The van der Waals surface area contributed by atoms with E-state index in [-0.39, 0.29) is 17.5 Å². The Labute approximate surface area is 93.4 Å². The van der Waals surface area contributed by atoms with Crippen LogP contribution < -0.4 is 0 Å². The van der Waals surface area contributed by atoms with Gasteiger partial charge in [-0.1, -0.05) is 33.6 Å². The van der Waals surface area contributed by atoms with Gasteiger partial charge < -0.3 is 0 Å².